The van der Waals surface area contributed by atoms with Gasteiger partial charge in [0.25, 0.3) is 5.91 Å². The van der Waals surface area contributed by atoms with E-state index < -0.39 is 35.5 Å². The Kier molecular flexibility index (Phi) is 11.4. The van der Waals surface area contributed by atoms with Crippen molar-refractivity contribution < 1.29 is 47.3 Å². The van der Waals surface area contributed by atoms with E-state index in [1.54, 1.807) is 36.6 Å². The van der Waals surface area contributed by atoms with Crippen LogP contribution in [-0.2, 0) is 14.4 Å². The maximum atomic E-state index is 12.8. The molecule has 14 heteroatoms. The minimum Gasteiger partial charge on any atom is -0.476 e. The second-order valence-corrected chi connectivity index (χ2v) is 7.71. The summed E-state index contributed by atoms with van der Waals surface area (Å²) in [5, 5.41) is 22.7. The van der Waals surface area contributed by atoms with Crippen LogP contribution in [0.4, 0.5) is 13.2 Å². The average Bonchev–Trinajstić information content (AvgIpc) is 2.83. The SMILES string of the molecule is CSCCC(=O)C(NC(=O)c1ccc(C=NN)cc1)(Oc1ccccc1)C(=O)O.O=C(O)C(F)(F)F. The third-order valence-electron chi connectivity index (χ3n) is 4.17. The van der Waals surface area contributed by atoms with Crippen molar-refractivity contribution in [2.75, 3.05) is 12.0 Å². The number of halogens is 3. The Balaban J connectivity index is 0.000000809. The predicted octanol–water partition coefficient (Wildman–Crippen LogP) is 2.52. The molecule has 2 aromatic carbocycles. The third kappa shape index (κ3) is 8.94. The number of amides is 1. The molecule has 194 valence electrons. The maximum absolute atomic E-state index is 12.8. The fourth-order valence-electron chi connectivity index (χ4n) is 2.44. The highest BCUT2D eigenvalue weighted by Gasteiger charge is 2.50. The number of carbonyl (C=O) groups is 4. The Labute approximate surface area is 207 Å². The van der Waals surface area contributed by atoms with Gasteiger partial charge in [0, 0.05) is 17.7 Å². The number of carboxylic acid groups (broad SMARTS) is 2. The molecule has 0 aliphatic rings. The van der Waals surface area contributed by atoms with Crippen molar-refractivity contribution in [3.63, 3.8) is 0 Å². The number of carboxylic acids is 2. The van der Waals surface area contributed by atoms with E-state index >= 15 is 0 Å². The van der Waals surface area contributed by atoms with E-state index in [9.17, 15) is 32.7 Å². The topological polar surface area (TPSA) is 168 Å². The van der Waals surface area contributed by atoms with Crippen molar-refractivity contribution in [1.29, 1.82) is 0 Å². The molecule has 2 rings (SSSR count). The molecule has 0 spiro atoms. The molecular formula is C22H22F3N3O7S. The number of ether oxygens (including phenoxy) is 1. The summed E-state index contributed by atoms with van der Waals surface area (Å²) in [6.07, 6.45) is -1.99. The summed E-state index contributed by atoms with van der Waals surface area (Å²) in [6, 6.07) is 14.1. The van der Waals surface area contributed by atoms with E-state index in [4.69, 9.17) is 20.5 Å². The second-order valence-electron chi connectivity index (χ2n) is 6.72. The number of rotatable bonds is 10. The van der Waals surface area contributed by atoms with E-state index in [1.165, 1.54) is 42.2 Å². The fourth-order valence-corrected chi connectivity index (χ4v) is 2.83. The number of hydrogen-bond donors (Lipinski definition) is 4. The van der Waals surface area contributed by atoms with Crippen LogP contribution < -0.4 is 15.9 Å². The third-order valence-corrected chi connectivity index (χ3v) is 4.78. The minimum atomic E-state index is -5.08. The predicted molar refractivity (Wildman–Crippen MR) is 125 cm³/mol. The molecule has 1 atom stereocenters. The molecule has 0 aliphatic heterocycles. The first-order valence-corrected chi connectivity index (χ1v) is 11.2. The summed E-state index contributed by atoms with van der Waals surface area (Å²) < 4.78 is 37.3. The number of benzene rings is 2. The van der Waals surface area contributed by atoms with Gasteiger partial charge in [0.05, 0.1) is 6.21 Å². The lowest BCUT2D eigenvalue weighted by Gasteiger charge is -2.29. The van der Waals surface area contributed by atoms with Crippen LogP contribution in [-0.4, -0.2) is 64.0 Å². The molecule has 0 heterocycles. The number of carbonyl (C=O) groups excluding carboxylic acids is 2. The highest BCUT2D eigenvalue weighted by Crippen LogP contribution is 2.21. The highest BCUT2D eigenvalue weighted by atomic mass is 32.2. The number of ketones is 1. The Bertz CT molecular complexity index is 1080. The van der Waals surface area contributed by atoms with Gasteiger partial charge in [0.15, 0.2) is 0 Å². The number of alkyl halides is 3. The van der Waals surface area contributed by atoms with E-state index in [0.29, 0.717) is 11.3 Å². The highest BCUT2D eigenvalue weighted by molar-refractivity contribution is 7.98. The number of aliphatic carboxylic acids is 2. The number of Topliss-reactive ketones (excluding diaryl/α,β-unsaturated/α-hetero) is 1. The molecule has 36 heavy (non-hydrogen) atoms. The van der Waals surface area contributed by atoms with Crippen LogP contribution in [0.2, 0.25) is 0 Å². The van der Waals surface area contributed by atoms with E-state index in [0.717, 1.165) is 0 Å². The van der Waals surface area contributed by atoms with Gasteiger partial charge in [0.1, 0.15) is 5.75 Å². The molecule has 0 aliphatic carbocycles. The van der Waals surface area contributed by atoms with Gasteiger partial charge in [-0.2, -0.15) is 30.0 Å². The Morgan fingerprint density at radius 3 is 2.03 bits per heavy atom. The van der Waals surface area contributed by atoms with Crippen molar-refractivity contribution in [2.45, 2.75) is 18.3 Å². The van der Waals surface area contributed by atoms with Gasteiger partial charge < -0.3 is 20.8 Å². The maximum Gasteiger partial charge on any atom is 0.490 e. The first-order chi connectivity index (χ1) is 16.9. The molecule has 10 nitrogen and oxygen atoms in total. The van der Waals surface area contributed by atoms with Crippen LogP contribution in [0.5, 0.6) is 5.75 Å². The Hall–Kier alpha value is -4.07. The van der Waals surface area contributed by atoms with E-state index in [-0.39, 0.29) is 17.7 Å². The van der Waals surface area contributed by atoms with Gasteiger partial charge in [-0.3, -0.25) is 14.9 Å². The zero-order chi connectivity index (χ0) is 27.4. The van der Waals surface area contributed by atoms with E-state index in [1.807, 2.05) is 0 Å². The van der Waals surface area contributed by atoms with Crippen LogP contribution in [0.1, 0.15) is 22.3 Å². The summed E-state index contributed by atoms with van der Waals surface area (Å²) >= 11 is 1.38. The first kappa shape index (κ1) is 30.0. The van der Waals surface area contributed by atoms with Crippen molar-refractivity contribution in [1.82, 2.24) is 5.32 Å². The number of nitrogens with zero attached hydrogens (tertiary/aromatic N) is 1. The number of para-hydroxylation sites is 1. The lowest BCUT2D eigenvalue weighted by molar-refractivity contribution is -0.192. The summed E-state index contributed by atoms with van der Waals surface area (Å²) in [5.74, 6) is -0.273. The number of nitrogens with one attached hydrogen (secondary N) is 1. The van der Waals surface area contributed by atoms with E-state index in [2.05, 4.69) is 10.4 Å². The quantitative estimate of drug-likeness (QED) is 0.119. The zero-order valence-electron chi connectivity index (χ0n) is 18.7. The first-order valence-electron chi connectivity index (χ1n) is 9.83. The summed E-state index contributed by atoms with van der Waals surface area (Å²) in [4.78, 5) is 46.6. The lowest BCUT2D eigenvalue weighted by Crippen LogP contribution is -2.64. The molecule has 0 bridgehead atoms. The summed E-state index contributed by atoms with van der Waals surface area (Å²) in [7, 11) is 0. The molecule has 0 radical (unpaired) electrons. The van der Waals surface area contributed by atoms with Crippen LogP contribution in [0.3, 0.4) is 0 Å². The van der Waals surface area contributed by atoms with Crippen molar-refractivity contribution in [2.24, 2.45) is 10.9 Å². The molecule has 2 aromatic rings. The second kappa shape index (κ2) is 13.7. The smallest absolute Gasteiger partial charge is 0.476 e. The lowest BCUT2D eigenvalue weighted by atomic mass is 10.0. The molecular weight excluding hydrogens is 507 g/mol. The number of thioether (sulfide) groups is 1. The van der Waals surface area contributed by atoms with Crippen LogP contribution in [0.15, 0.2) is 59.7 Å². The fraction of sp³-hybridized carbons (Fsp3) is 0.227. The van der Waals surface area contributed by atoms with Gasteiger partial charge in [-0.15, -0.1) is 0 Å². The molecule has 1 unspecified atom stereocenters. The summed E-state index contributed by atoms with van der Waals surface area (Å²) in [5.41, 5.74) is -1.74. The average molecular weight is 529 g/mol. The van der Waals surface area contributed by atoms with Crippen LogP contribution in [0.25, 0.3) is 0 Å². The van der Waals surface area contributed by atoms with Crippen molar-refractivity contribution in [3.05, 3.63) is 65.7 Å². The number of nitrogens with two attached hydrogens (primary N) is 1. The van der Waals surface area contributed by atoms with Crippen LogP contribution >= 0.6 is 11.8 Å². The van der Waals surface area contributed by atoms with Gasteiger partial charge in [-0.1, -0.05) is 30.3 Å². The van der Waals surface area contributed by atoms with Gasteiger partial charge >= 0.3 is 23.8 Å². The molecule has 5 N–H and O–H groups in total. The molecule has 1 amide bonds. The zero-order valence-corrected chi connectivity index (χ0v) is 19.5. The number of hydrazone groups is 1. The monoisotopic (exact) mass is 529 g/mol. The molecule has 0 fully saturated rings. The molecule has 0 saturated heterocycles. The Morgan fingerprint density at radius 1 is 1.03 bits per heavy atom. The van der Waals surface area contributed by atoms with Gasteiger partial charge in [-0.25, -0.2) is 9.59 Å². The minimum absolute atomic E-state index is 0.0908. The van der Waals surface area contributed by atoms with Crippen molar-refractivity contribution >= 4 is 41.6 Å². The van der Waals surface area contributed by atoms with Gasteiger partial charge in [-0.05, 0) is 36.1 Å². The summed E-state index contributed by atoms with van der Waals surface area (Å²) in [6.45, 7) is 0. The standard InChI is InChI=1S/C20H21N3O5S.C2HF3O2/c1-29-12-11-17(24)20(19(26)27,28-16-5-3-2-4-6-16)23-18(25)15-9-7-14(8-10-15)13-22-21;3-2(4,5)1(6)7/h2-10,13H,11-12,21H2,1H3,(H,23,25)(H,26,27);(H,6,7). The largest absolute Gasteiger partial charge is 0.490 e. The number of hydrogen-bond acceptors (Lipinski definition) is 8. The molecule has 0 aromatic heterocycles. The molecule has 0 saturated carbocycles. The van der Waals surface area contributed by atoms with Crippen molar-refractivity contribution in [3.8, 4) is 5.75 Å². The van der Waals surface area contributed by atoms with Gasteiger partial charge in [0.2, 0.25) is 5.78 Å². The normalized spacial score (nSPS) is 12.6. The Morgan fingerprint density at radius 2 is 1.58 bits per heavy atom. The van der Waals surface area contributed by atoms with Crippen LogP contribution in [0, 0.1) is 0 Å².